The molecule has 0 radical (unpaired) electrons. The van der Waals surface area contributed by atoms with E-state index in [9.17, 15) is 4.79 Å². The van der Waals surface area contributed by atoms with E-state index in [0.29, 0.717) is 16.7 Å². The Morgan fingerprint density at radius 1 is 1.42 bits per heavy atom. The Balaban J connectivity index is 2.12. The molecule has 0 fully saturated rings. The van der Waals surface area contributed by atoms with Gasteiger partial charge in [-0.3, -0.25) is 4.79 Å². The number of thiazole rings is 1. The summed E-state index contributed by atoms with van der Waals surface area (Å²) in [6, 6.07) is 7.51. The fourth-order valence-electron chi connectivity index (χ4n) is 1.57. The Kier molecular flexibility index (Phi) is 4.52. The van der Waals surface area contributed by atoms with E-state index in [1.165, 1.54) is 11.3 Å². The van der Waals surface area contributed by atoms with Gasteiger partial charge in [0.15, 0.2) is 5.13 Å². The maximum Gasteiger partial charge on any atom is 0.240 e. The lowest BCUT2D eigenvalue weighted by Gasteiger charge is -2.07. The third kappa shape index (κ3) is 3.76. The van der Waals surface area contributed by atoms with E-state index in [1.807, 2.05) is 43.7 Å². The smallest absolute Gasteiger partial charge is 0.240 e. The molecule has 100 valence electrons. The summed E-state index contributed by atoms with van der Waals surface area (Å²) in [6.07, 6.45) is 0. The number of benzene rings is 1. The summed E-state index contributed by atoms with van der Waals surface area (Å²) in [5, 5.41) is 5.88. The Bertz CT molecular complexity index is 583. The molecule has 2 rings (SSSR count). The quantitative estimate of drug-likeness (QED) is 0.943. The SMILES string of the molecule is CN(C)CC(=O)Nc1nc(-c2ccccc2Cl)cs1. The second-order valence-electron chi connectivity index (χ2n) is 4.30. The number of aromatic nitrogens is 1. The first-order valence-electron chi connectivity index (χ1n) is 5.71. The molecule has 6 heteroatoms. The van der Waals surface area contributed by atoms with Gasteiger partial charge in [-0.05, 0) is 20.2 Å². The number of hydrogen-bond acceptors (Lipinski definition) is 4. The van der Waals surface area contributed by atoms with Crippen LogP contribution in [0.5, 0.6) is 0 Å². The molecule has 0 spiro atoms. The Morgan fingerprint density at radius 2 is 2.16 bits per heavy atom. The lowest BCUT2D eigenvalue weighted by atomic mass is 10.2. The third-order valence-corrected chi connectivity index (χ3v) is 3.45. The van der Waals surface area contributed by atoms with Crippen molar-refractivity contribution in [3.63, 3.8) is 0 Å². The van der Waals surface area contributed by atoms with Crippen LogP contribution in [0.3, 0.4) is 0 Å². The van der Waals surface area contributed by atoms with Gasteiger partial charge < -0.3 is 10.2 Å². The van der Waals surface area contributed by atoms with Gasteiger partial charge in [-0.15, -0.1) is 11.3 Å². The first kappa shape index (κ1) is 14.0. The van der Waals surface area contributed by atoms with Crippen molar-refractivity contribution in [2.75, 3.05) is 26.0 Å². The summed E-state index contributed by atoms with van der Waals surface area (Å²) in [7, 11) is 3.69. The van der Waals surface area contributed by atoms with Crippen molar-refractivity contribution in [3.8, 4) is 11.3 Å². The maximum absolute atomic E-state index is 11.6. The zero-order valence-electron chi connectivity index (χ0n) is 10.7. The Hall–Kier alpha value is -1.43. The van der Waals surface area contributed by atoms with Crippen molar-refractivity contribution in [2.24, 2.45) is 0 Å². The van der Waals surface area contributed by atoms with Crippen molar-refractivity contribution in [1.82, 2.24) is 9.88 Å². The highest BCUT2D eigenvalue weighted by Crippen LogP contribution is 2.30. The highest BCUT2D eigenvalue weighted by atomic mass is 35.5. The Morgan fingerprint density at radius 3 is 2.84 bits per heavy atom. The lowest BCUT2D eigenvalue weighted by molar-refractivity contribution is -0.116. The molecule has 0 unspecified atom stereocenters. The lowest BCUT2D eigenvalue weighted by Crippen LogP contribution is -2.26. The summed E-state index contributed by atoms with van der Waals surface area (Å²) in [5.41, 5.74) is 1.64. The fourth-order valence-corrected chi connectivity index (χ4v) is 2.53. The van der Waals surface area contributed by atoms with Crippen LogP contribution in [-0.4, -0.2) is 36.4 Å². The normalized spacial score (nSPS) is 10.7. The van der Waals surface area contributed by atoms with E-state index < -0.39 is 0 Å². The number of nitrogens with zero attached hydrogens (tertiary/aromatic N) is 2. The minimum Gasteiger partial charge on any atom is -0.301 e. The number of carbonyl (C=O) groups excluding carboxylic acids is 1. The molecule has 2 aromatic rings. The van der Waals surface area contributed by atoms with Crippen molar-refractivity contribution < 1.29 is 4.79 Å². The van der Waals surface area contributed by atoms with Crippen LogP contribution >= 0.6 is 22.9 Å². The average Bonchev–Trinajstić information content (AvgIpc) is 2.76. The number of halogens is 1. The van der Waals surface area contributed by atoms with Crippen molar-refractivity contribution >= 4 is 34.0 Å². The van der Waals surface area contributed by atoms with Crippen LogP contribution in [0.4, 0.5) is 5.13 Å². The topological polar surface area (TPSA) is 45.2 Å². The van der Waals surface area contributed by atoms with Crippen LogP contribution in [0.15, 0.2) is 29.6 Å². The first-order chi connectivity index (χ1) is 9.06. The third-order valence-electron chi connectivity index (χ3n) is 2.36. The van der Waals surface area contributed by atoms with Gasteiger partial charge in [0.1, 0.15) is 0 Å². The molecule has 1 heterocycles. The summed E-state index contributed by atoms with van der Waals surface area (Å²) in [6.45, 7) is 0.334. The van der Waals surface area contributed by atoms with Gasteiger partial charge in [-0.25, -0.2) is 4.98 Å². The van der Waals surface area contributed by atoms with Crippen molar-refractivity contribution in [3.05, 3.63) is 34.7 Å². The van der Waals surface area contributed by atoms with E-state index in [1.54, 1.807) is 4.90 Å². The summed E-state index contributed by atoms with van der Waals surface area (Å²) in [4.78, 5) is 17.8. The van der Waals surface area contributed by atoms with E-state index in [4.69, 9.17) is 11.6 Å². The first-order valence-corrected chi connectivity index (χ1v) is 6.97. The molecule has 1 aromatic carbocycles. The standard InChI is InChI=1S/C13H14ClN3OS/c1-17(2)7-12(18)16-13-15-11(8-19-13)9-5-3-4-6-10(9)14/h3-6,8H,7H2,1-2H3,(H,15,16,18). The van der Waals surface area contributed by atoms with Gasteiger partial charge in [-0.1, -0.05) is 29.8 Å². The predicted octanol–water partition coefficient (Wildman–Crippen LogP) is 2.96. The van der Waals surface area contributed by atoms with Gasteiger partial charge in [0.25, 0.3) is 0 Å². The van der Waals surface area contributed by atoms with Crippen LogP contribution in [0, 0.1) is 0 Å². The molecule has 0 aliphatic carbocycles. The molecule has 0 aliphatic heterocycles. The second-order valence-corrected chi connectivity index (χ2v) is 5.57. The molecule has 0 aliphatic rings. The molecule has 0 bridgehead atoms. The molecule has 0 atom stereocenters. The van der Waals surface area contributed by atoms with Crippen LogP contribution in [0.1, 0.15) is 0 Å². The van der Waals surface area contributed by atoms with Gasteiger partial charge in [0.2, 0.25) is 5.91 Å². The van der Waals surface area contributed by atoms with E-state index in [2.05, 4.69) is 10.3 Å². The van der Waals surface area contributed by atoms with E-state index >= 15 is 0 Å². The van der Waals surface area contributed by atoms with Crippen LogP contribution in [0.2, 0.25) is 5.02 Å². The Labute approximate surface area is 121 Å². The van der Waals surface area contributed by atoms with Crippen LogP contribution in [-0.2, 0) is 4.79 Å². The zero-order valence-corrected chi connectivity index (χ0v) is 12.3. The van der Waals surface area contributed by atoms with Gasteiger partial charge in [0.05, 0.1) is 12.2 Å². The monoisotopic (exact) mass is 295 g/mol. The van der Waals surface area contributed by atoms with Gasteiger partial charge >= 0.3 is 0 Å². The number of amides is 1. The average molecular weight is 296 g/mol. The molecule has 0 saturated carbocycles. The summed E-state index contributed by atoms with van der Waals surface area (Å²) >= 11 is 7.50. The molecular weight excluding hydrogens is 282 g/mol. The molecule has 4 nitrogen and oxygen atoms in total. The minimum absolute atomic E-state index is 0.0786. The molecular formula is C13H14ClN3OS. The second kappa shape index (κ2) is 6.14. The number of hydrogen-bond donors (Lipinski definition) is 1. The van der Waals surface area contributed by atoms with Gasteiger partial charge in [-0.2, -0.15) is 0 Å². The van der Waals surface area contributed by atoms with Crippen molar-refractivity contribution in [1.29, 1.82) is 0 Å². The van der Waals surface area contributed by atoms with E-state index in [0.717, 1.165) is 11.3 Å². The van der Waals surface area contributed by atoms with Gasteiger partial charge in [0, 0.05) is 16.0 Å². The highest BCUT2D eigenvalue weighted by molar-refractivity contribution is 7.14. The number of carbonyl (C=O) groups is 1. The summed E-state index contributed by atoms with van der Waals surface area (Å²) in [5.74, 6) is -0.0786. The number of rotatable bonds is 4. The maximum atomic E-state index is 11.6. The fraction of sp³-hybridized carbons (Fsp3) is 0.231. The molecule has 0 saturated heterocycles. The van der Waals surface area contributed by atoms with Crippen LogP contribution < -0.4 is 5.32 Å². The number of anilines is 1. The van der Waals surface area contributed by atoms with Crippen molar-refractivity contribution in [2.45, 2.75) is 0 Å². The molecule has 1 amide bonds. The number of nitrogens with one attached hydrogen (secondary N) is 1. The minimum atomic E-state index is -0.0786. The summed E-state index contributed by atoms with van der Waals surface area (Å²) < 4.78 is 0. The predicted molar refractivity (Wildman–Crippen MR) is 79.7 cm³/mol. The highest BCUT2D eigenvalue weighted by Gasteiger charge is 2.10. The number of likely N-dealkylation sites (N-methyl/N-ethyl adjacent to an activating group) is 1. The largest absolute Gasteiger partial charge is 0.301 e. The zero-order chi connectivity index (χ0) is 13.8. The molecule has 1 N–H and O–H groups in total. The van der Waals surface area contributed by atoms with Crippen LogP contribution in [0.25, 0.3) is 11.3 Å². The molecule has 19 heavy (non-hydrogen) atoms. The van der Waals surface area contributed by atoms with E-state index in [-0.39, 0.29) is 5.91 Å². The molecule has 1 aromatic heterocycles.